The van der Waals surface area contributed by atoms with Crippen LogP contribution in [0.4, 0.5) is 5.69 Å². The third kappa shape index (κ3) is 2.11. The summed E-state index contributed by atoms with van der Waals surface area (Å²) in [6, 6.07) is 4.05. The van der Waals surface area contributed by atoms with Crippen LogP contribution in [-0.4, -0.2) is 29.6 Å². The Labute approximate surface area is 82.1 Å². The lowest BCUT2D eigenvalue weighted by Crippen LogP contribution is -2.28. The molecule has 0 spiro atoms. The number of hydrogen-bond acceptors (Lipinski definition) is 3. The van der Waals surface area contributed by atoms with Gasteiger partial charge in [0.2, 0.25) is 0 Å². The van der Waals surface area contributed by atoms with Crippen LogP contribution in [0.3, 0.4) is 0 Å². The van der Waals surface area contributed by atoms with Gasteiger partial charge in [0.1, 0.15) is 0 Å². The Morgan fingerprint density at radius 3 is 2.77 bits per heavy atom. The third-order valence-electron chi connectivity index (χ3n) is 2.04. The summed E-state index contributed by atoms with van der Waals surface area (Å²) >= 11 is 6.02. The molecule has 2 unspecified atom stereocenters. The first-order chi connectivity index (χ1) is 6.36. The molecule has 1 aliphatic rings. The Morgan fingerprint density at radius 2 is 2.15 bits per heavy atom. The maximum absolute atomic E-state index is 6.02. The molecule has 1 saturated heterocycles. The van der Waals surface area contributed by atoms with E-state index in [0.29, 0.717) is 13.2 Å². The first kappa shape index (κ1) is 8.78. The minimum atomic E-state index is 0.0631. The minimum absolute atomic E-state index is 0.0631. The molecule has 1 fully saturated rings. The summed E-state index contributed by atoms with van der Waals surface area (Å²) in [5.74, 6) is 0. The van der Waals surface area contributed by atoms with Gasteiger partial charge in [-0.2, -0.15) is 0 Å². The Hall–Kier alpha value is -0.800. The molecule has 1 N–H and O–H groups in total. The third-order valence-corrected chi connectivity index (χ3v) is 2.47. The Kier molecular flexibility index (Phi) is 2.66. The molecular weight excluding hydrogens is 188 g/mol. The van der Waals surface area contributed by atoms with Crippen molar-refractivity contribution in [2.45, 2.75) is 11.4 Å². The van der Waals surface area contributed by atoms with Crippen LogP contribution >= 0.6 is 11.6 Å². The van der Waals surface area contributed by atoms with Crippen molar-refractivity contribution < 1.29 is 4.74 Å². The highest BCUT2D eigenvalue weighted by Gasteiger charge is 2.25. The van der Waals surface area contributed by atoms with E-state index in [0.717, 1.165) is 5.69 Å². The molecule has 13 heavy (non-hydrogen) atoms. The van der Waals surface area contributed by atoms with Gasteiger partial charge in [-0.15, -0.1) is 11.6 Å². The van der Waals surface area contributed by atoms with Gasteiger partial charge in [0.15, 0.2) is 0 Å². The highest BCUT2D eigenvalue weighted by molar-refractivity contribution is 6.21. The molecular formula is C9H11ClN2O. The van der Waals surface area contributed by atoms with E-state index in [1.54, 1.807) is 12.4 Å². The Bertz CT molecular complexity index is 268. The molecule has 70 valence electrons. The van der Waals surface area contributed by atoms with E-state index in [4.69, 9.17) is 16.3 Å². The molecule has 2 atom stereocenters. The predicted molar refractivity (Wildman–Crippen MR) is 52.1 cm³/mol. The SMILES string of the molecule is ClC1COCC1Nc1ccncc1. The lowest BCUT2D eigenvalue weighted by atomic mass is 10.2. The van der Waals surface area contributed by atoms with Crippen molar-refractivity contribution in [1.82, 2.24) is 4.98 Å². The van der Waals surface area contributed by atoms with Gasteiger partial charge < -0.3 is 10.1 Å². The van der Waals surface area contributed by atoms with E-state index in [9.17, 15) is 0 Å². The van der Waals surface area contributed by atoms with Crippen LogP contribution in [0.5, 0.6) is 0 Å². The largest absolute Gasteiger partial charge is 0.378 e. The fraction of sp³-hybridized carbons (Fsp3) is 0.444. The number of halogens is 1. The van der Waals surface area contributed by atoms with E-state index in [-0.39, 0.29) is 11.4 Å². The van der Waals surface area contributed by atoms with Gasteiger partial charge in [0.05, 0.1) is 24.6 Å². The smallest absolute Gasteiger partial charge is 0.0793 e. The van der Waals surface area contributed by atoms with E-state index in [1.807, 2.05) is 12.1 Å². The molecule has 4 heteroatoms. The second-order valence-electron chi connectivity index (χ2n) is 3.04. The molecule has 1 aromatic heterocycles. The second kappa shape index (κ2) is 3.94. The fourth-order valence-corrected chi connectivity index (χ4v) is 1.55. The molecule has 0 aromatic carbocycles. The van der Waals surface area contributed by atoms with Crippen LogP contribution in [0.2, 0.25) is 0 Å². The summed E-state index contributed by atoms with van der Waals surface area (Å²) in [5, 5.41) is 3.36. The van der Waals surface area contributed by atoms with Gasteiger partial charge in [0.25, 0.3) is 0 Å². The summed E-state index contributed by atoms with van der Waals surface area (Å²) in [6.45, 7) is 1.31. The molecule has 2 rings (SSSR count). The van der Waals surface area contributed by atoms with Gasteiger partial charge in [-0.05, 0) is 12.1 Å². The number of aromatic nitrogens is 1. The monoisotopic (exact) mass is 198 g/mol. The number of alkyl halides is 1. The van der Waals surface area contributed by atoms with Crippen molar-refractivity contribution in [2.75, 3.05) is 18.5 Å². The number of pyridine rings is 1. The van der Waals surface area contributed by atoms with E-state index in [1.165, 1.54) is 0 Å². The molecule has 0 saturated carbocycles. The average molecular weight is 199 g/mol. The maximum atomic E-state index is 6.02. The number of nitrogens with one attached hydrogen (secondary N) is 1. The van der Waals surface area contributed by atoms with Gasteiger partial charge in [-0.25, -0.2) is 0 Å². The zero-order valence-electron chi connectivity index (χ0n) is 7.11. The van der Waals surface area contributed by atoms with Crippen LogP contribution in [-0.2, 0) is 4.74 Å². The Morgan fingerprint density at radius 1 is 1.38 bits per heavy atom. The number of ether oxygens (including phenoxy) is 1. The lowest BCUT2D eigenvalue weighted by molar-refractivity contribution is 0.196. The number of nitrogens with zero attached hydrogens (tertiary/aromatic N) is 1. The molecule has 3 nitrogen and oxygen atoms in total. The van der Waals surface area contributed by atoms with Crippen LogP contribution in [0, 0.1) is 0 Å². The predicted octanol–water partition coefficient (Wildman–Crippen LogP) is 1.50. The average Bonchev–Trinajstić information content (AvgIpc) is 2.54. The van der Waals surface area contributed by atoms with E-state index >= 15 is 0 Å². The Balaban J connectivity index is 1.98. The van der Waals surface area contributed by atoms with E-state index in [2.05, 4.69) is 10.3 Å². The molecule has 1 aromatic rings. The van der Waals surface area contributed by atoms with Crippen molar-refractivity contribution in [1.29, 1.82) is 0 Å². The fourth-order valence-electron chi connectivity index (χ4n) is 1.32. The van der Waals surface area contributed by atoms with Crippen LogP contribution in [0.15, 0.2) is 24.5 Å². The summed E-state index contributed by atoms with van der Waals surface area (Å²) < 4.78 is 5.23. The van der Waals surface area contributed by atoms with Gasteiger partial charge in [-0.1, -0.05) is 0 Å². The number of hydrogen-bond donors (Lipinski definition) is 1. The molecule has 0 aliphatic carbocycles. The summed E-state index contributed by atoms with van der Waals surface area (Å²) in [5.41, 5.74) is 1.04. The minimum Gasteiger partial charge on any atom is -0.378 e. The highest BCUT2D eigenvalue weighted by atomic mass is 35.5. The molecule has 0 amide bonds. The van der Waals surface area contributed by atoms with Crippen molar-refractivity contribution in [2.24, 2.45) is 0 Å². The van der Waals surface area contributed by atoms with Crippen molar-refractivity contribution >= 4 is 17.3 Å². The lowest BCUT2D eigenvalue weighted by Gasteiger charge is -2.14. The first-order valence-electron chi connectivity index (χ1n) is 4.24. The number of anilines is 1. The standard InChI is InChI=1S/C9H11ClN2O/c10-8-5-13-6-9(8)12-7-1-3-11-4-2-7/h1-4,8-9H,5-6H2,(H,11,12). The van der Waals surface area contributed by atoms with Gasteiger partial charge in [0, 0.05) is 18.1 Å². The molecule has 0 radical (unpaired) electrons. The van der Waals surface area contributed by atoms with E-state index < -0.39 is 0 Å². The maximum Gasteiger partial charge on any atom is 0.0793 e. The van der Waals surface area contributed by atoms with Crippen LogP contribution in [0.25, 0.3) is 0 Å². The zero-order chi connectivity index (χ0) is 9.10. The van der Waals surface area contributed by atoms with Gasteiger partial charge >= 0.3 is 0 Å². The summed E-state index contributed by atoms with van der Waals surface area (Å²) in [6.07, 6.45) is 3.50. The van der Waals surface area contributed by atoms with Gasteiger partial charge in [-0.3, -0.25) is 4.98 Å². The zero-order valence-corrected chi connectivity index (χ0v) is 7.87. The number of rotatable bonds is 2. The summed E-state index contributed by atoms with van der Waals surface area (Å²) in [4.78, 5) is 3.93. The molecule has 1 aliphatic heterocycles. The normalized spacial score (nSPS) is 27.5. The van der Waals surface area contributed by atoms with Crippen molar-refractivity contribution in [3.63, 3.8) is 0 Å². The summed E-state index contributed by atoms with van der Waals surface area (Å²) in [7, 11) is 0. The molecule has 0 bridgehead atoms. The highest BCUT2D eigenvalue weighted by Crippen LogP contribution is 2.17. The molecule has 2 heterocycles. The van der Waals surface area contributed by atoms with Crippen molar-refractivity contribution in [3.05, 3.63) is 24.5 Å². The van der Waals surface area contributed by atoms with Crippen LogP contribution < -0.4 is 5.32 Å². The first-order valence-corrected chi connectivity index (χ1v) is 4.68. The van der Waals surface area contributed by atoms with Crippen molar-refractivity contribution in [3.8, 4) is 0 Å². The van der Waals surface area contributed by atoms with Crippen LogP contribution in [0.1, 0.15) is 0 Å². The quantitative estimate of drug-likeness (QED) is 0.732. The topological polar surface area (TPSA) is 34.1 Å². The second-order valence-corrected chi connectivity index (χ2v) is 3.60.